The van der Waals surface area contributed by atoms with Crippen molar-refractivity contribution in [2.24, 2.45) is 0 Å². The lowest BCUT2D eigenvalue weighted by Crippen LogP contribution is -2.24. The zero-order valence-electron chi connectivity index (χ0n) is 7.17. The highest BCUT2D eigenvalue weighted by molar-refractivity contribution is 5.55. The fraction of sp³-hybridized carbons (Fsp3) is 0.400. The van der Waals surface area contributed by atoms with Gasteiger partial charge in [0.05, 0.1) is 0 Å². The number of rotatable bonds is 0. The summed E-state index contributed by atoms with van der Waals surface area (Å²) in [6.07, 6.45) is 1.43. The molecule has 0 saturated heterocycles. The van der Waals surface area contributed by atoms with E-state index < -0.39 is 0 Å². The van der Waals surface area contributed by atoms with Gasteiger partial charge in [-0.1, -0.05) is 12.1 Å². The van der Waals surface area contributed by atoms with Crippen molar-refractivity contribution in [3.8, 4) is 0 Å². The molecule has 2 nitrogen and oxygen atoms in total. The molecule has 1 aromatic rings. The quantitative estimate of drug-likeness (QED) is 0.609. The summed E-state index contributed by atoms with van der Waals surface area (Å²) in [5, 5.41) is 12.4. The molecule has 1 aromatic carbocycles. The Morgan fingerprint density at radius 2 is 2.33 bits per heavy atom. The van der Waals surface area contributed by atoms with E-state index >= 15 is 0 Å². The average Bonchev–Trinajstić information content (AvgIpc) is 2.03. The number of aliphatic hydroxyl groups excluding tert-OH is 1. The van der Waals surface area contributed by atoms with Gasteiger partial charge < -0.3 is 10.4 Å². The molecule has 0 radical (unpaired) electrons. The Labute approximate surface area is 72.2 Å². The van der Waals surface area contributed by atoms with E-state index in [1.807, 2.05) is 0 Å². The van der Waals surface area contributed by atoms with Crippen LogP contribution in [0.1, 0.15) is 17.5 Å². The lowest BCUT2D eigenvalue weighted by atomic mass is 10.0. The summed E-state index contributed by atoms with van der Waals surface area (Å²) >= 11 is 0. The van der Waals surface area contributed by atoms with Gasteiger partial charge in [0.1, 0.15) is 6.23 Å². The summed E-state index contributed by atoms with van der Waals surface area (Å²) in [5.41, 5.74) is 3.63. The van der Waals surface area contributed by atoms with Crippen LogP contribution in [0.15, 0.2) is 18.2 Å². The van der Waals surface area contributed by atoms with Crippen molar-refractivity contribution in [3.63, 3.8) is 0 Å². The molecular formula is C10H13NO. The normalized spacial score (nSPS) is 21.3. The number of aliphatic hydroxyl groups is 1. The second-order valence-electron chi connectivity index (χ2n) is 3.36. The Hall–Kier alpha value is -1.02. The molecule has 1 atom stereocenters. The van der Waals surface area contributed by atoms with Gasteiger partial charge in [-0.2, -0.15) is 0 Å². The van der Waals surface area contributed by atoms with Crippen molar-refractivity contribution in [1.82, 2.24) is 0 Å². The Balaban J connectivity index is 2.37. The standard InChI is InChI=1S/C10H13NO/c1-7-2-3-8-4-5-10(12)11-9(8)6-7/h2-3,6,10-12H,4-5H2,1H3. The second-order valence-corrected chi connectivity index (χ2v) is 3.36. The van der Waals surface area contributed by atoms with E-state index in [4.69, 9.17) is 0 Å². The van der Waals surface area contributed by atoms with Gasteiger partial charge in [-0.15, -0.1) is 0 Å². The molecule has 0 amide bonds. The first-order valence-corrected chi connectivity index (χ1v) is 4.30. The van der Waals surface area contributed by atoms with Gasteiger partial charge in [-0.3, -0.25) is 0 Å². The number of benzene rings is 1. The number of hydrogen-bond acceptors (Lipinski definition) is 2. The summed E-state index contributed by atoms with van der Waals surface area (Å²) in [4.78, 5) is 0. The van der Waals surface area contributed by atoms with Crippen molar-refractivity contribution in [2.75, 3.05) is 5.32 Å². The minimum absolute atomic E-state index is 0.362. The van der Waals surface area contributed by atoms with E-state index in [1.54, 1.807) is 0 Å². The first kappa shape index (κ1) is 7.62. The molecular weight excluding hydrogens is 150 g/mol. The Morgan fingerprint density at radius 3 is 3.17 bits per heavy atom. The summed E-state index contributed by atoms with van der Waals surface area (Å²) in [6, 6.07) is 6.32. The highest BCUT2D eigenvalue weighted by Crippen LogP contribution is 2.24. The van der Waals surface area contributed by atoms with Crippen LogP contribution in [0.3, 0.4) is 0 Å². The van der Waals surface area contributed by atoms with Crippen molar-refractivity contribution < 1.29 is 5.11 Å². The second kappa shape index (κ2) is 2.79. The van der Waals surface area contributed by atoms with E-state index in [1.165, 1.54) is 11.1 Å². The molecule has 0 aliphatic carbocycles. The lowest BCUT2D eigenvalue weighted by molar-refractivity contribution is 0.189. The number of aryl methyl sites for hydroxylation is 2. The third-order valence-corrected chi connectivity index (χ3v) is 2.27. The number of anilines is 1. The molecule has 2 rings (SSSR count). The molecule has 0 aromatic heterocycles. The minimum atomic E-state index is -0.362. The average molecular weight is 163 g/mol. The zero-order chi connectivity index (χ0) is 8.55. The number of nitrogens with one attached hydrogen (secondary N) is 1. The number of fused-ring (bicyclic) bond motifs is 1. The molecule has 12 heavy (non-hydrogen) atoms. The van der Waals surface area contributed by atoms with E-state index in [0.717, 1.165) is 18.5 Å². The Kier molecular flexibility index (Phi) is 1.77. The largest absolute Gasteiger partial charge is 0.374 e. The van der Waals surface area contributed by atoms with Crippen LogP contribution in [-0.2, 0) is 6.42 Å². The Bertz CT molecular complexity index is 296. The van der Waals surface area contributed by atoms with Gasteiger partial charge in [-0.05, 0) is 37.0 Å². The zero-order valence-corrected chi connectivity index (χ0v) is 7.17. The molecule has 2 heteroatoms. The van der Waals surface area contributed by atoms with Gasteiger partial charge in [0.15, 0.2) is 0 Å². The molecule has 1 aliphatic heterocycles. The third-order valence-electron chi connectivity index (χ3n) is 2.27. The Morgan fingerprint density at radius 1 is 1.50 bits per heavy atom. The molecule has 0 fully saturated rings. The van der Waals surface area contributed by atoms with E-state index in [2.05, 4.69) is 30.4 Å². The van der Waals surface area contributed by atoms with Crippen molar-refractivity contribution in [2.45, 2.75) is 26.0 Å². The van der Waals surface area contributed by atoms with Crippen LogP contribution in [0.5, 0.6) is 0 Å². The maximum absolute atomic E-state index is 9.34. The predicted molar refractivity (Wildman–Crippen MR) is 49.1 cm³/mol. The van der Waals surface area contributed by atoms with Gasteiger partial charge in [0, 0.05) is 5.69 Å². The molecule has 2 N–H and O–H groups in total. The van der Waals surface area contributed by atoms with Crippen LogP contribution >= 0.6 is 0 Å². The van der Waals surface area contributed by atoms with Crippen molar-refractivity contribution in [1.29, 1.82) is 0 Å². The first-order valence-electron chi connectivity index (χ1n) is 4.30. The molecule has 1 aliphatic rings. The molecule has 1 unspecified atom stereocenters. The third kappa shape index (κ3) is 1.30. The first-order chi connectivity index (χ1) is 5.75. The maximum atomic E-state index is 9.34. The summed E-state index contributed by atoms with van der Waals surface area (Å²) < 4.78 is 0. The summed E-state index contributed by atoms with van der Waals surface area (Å²) in [5.74, 6) is 0. The fourth-order valence-corrected chi connectivity index (χ4v) is 1.59. The fourth-order valence-electron chi connectivity index (χ4n) is 1.59. The van der Waals surface area contributed by atoms with Crippen LogP contribution in [-0.4, -0.2) is 11.3 Å². The van der Waals surface area contributed by atoms with Crippen molar-refractivity contribution >= 4 is 5.69 Å². The van der Waals surface area contributed by atoms with E-state index in [9.17, 15) is 5.11 Å². The smallest absolute Gasteiger partial charge is 0.124 e. The van der Waals surface area contributed by atoms with Crippen molar-refractivity contribution in [3.05, 3.63) is 29.3 Å². The molecule has 64 valence electrons. The van der Waals surface area contributed by atoms with E-state index in [-0.39, 0.29) is 6.23 Å². The van der Waals surface area contributed by atoms with E-state index in [0.29, 0.717) is 0 Å². The molecule has 1 heterocycles. The lowest BCUT2D eigenvalue weighted by Gasteiger charge is -2.23. The highest BCUT2D eigenvalue weighted by Gasteiger charge is 2.14. The van der Waals surface area contributed by atoms with Crippen LogP contribution in [0.4, 0.5) is 5.69 Å². The maximum Gasteiger partial charge on any atom is 0.124 e. The topological polar surface area (TPSA) is 32.3 Å². The van der Waals surface area contributed by atoms with Gasteiger partial charge in [0.25, 0.3) is 0 Å². The molecule has 0 saturated carbocycles. The highest BCUT2D eigenvalue weighted by atomic mass is 16.3. The van der Waals surface area contributed by atoms with Gasteiger partial charge in [0.2, 0.25) is 0 Å². The minimum Gasteiger partial charge on any atom is -0.374 e. The summed E-state index contributed by atoms with van der Waals surface area (Å²) in [7, 11) is 0. The SMILES string of the molecule is Cc1ccc2c(c1)NC(O)CC2. The summed E-state index contributed by atoms with van der Waals surface area (Å²) in [6.45, 7) is 2.06. The monoisotopic (exact) mass is 163 g/mol. The van der Waals surface area contributed by atoms with Crippen LogP contribution in [0, 0.1) is 6.92 Å². The predicted octanol–water partition coefficient (Wildman–Crippen LogP) is 1.67. The van der Waals surface area contributed by atoms with Gasteiger partial charge in [-0.25, -0.2) is 0 Å². The number of hydrogen-bond donors (Lipinski definition) is 2. The molecule has 0 bridgehead atoms. The van der Waals surface area contributed by atoms with Gasteiger partial charge >= 0.3 is 0 Å². The molecule has 0 spiro atoms. The van der Waals surface area contributed by atoms with Crippen LogP contribution in [0.25, 0.3) is 0 Å². The van der Waals surface area contributed by atoms with Crippen LogP contribution in [0.2, 0.25) is 0 Å². The van der Waals surface area contributed by atoms with Crippen LogP contribution < -0.4 is 5.32 Å².